The minimum absolute atomic E-state index is 0.417. The number of hydrogen-bond acceptors (Lipinski definition) is 5. The van der Waals surface area contributed by atoms with E-state index in [1.54, 1.807) is 20.8 Å². The van der Waals surface area contributed by atoms with Crippen molar-refractivity contribution in [2.45, 2.75) is 31.3 Å². The van der Waals surface area contributed by atoms with E-state index in [0.29, 0.717) is 17.5 Å². The Hall–Kier alpha value is -1.04. The summed E-state index contributed by atoms with van der Waals surface area (Å²) in [6.45, 7) is 5.01. The lowest BCUT2D eigenvalue weighted by atomic mass is 10.2. The number of aryl methyl sites for hydroxylation is 1. The highest BCUT2D eigenvalue weighted by Crippen LogP contribution is 2.27. The standard InChI is InChI=1S/C8H12N2O3S/c1-5-9-6(13-10-5)4-14-8(2,3)7(11)12/h4H2,1-3H3,(H,11,12). The third-order valence-corrected chi connectivity index (χ3v) is 2.93. The molecule has 0 spiro atoms. The molecule has 5 nitrogen and oxygen atoms in total. The molecule has 0 saturated heterocycles. The number of carboxylic acid groups (broad SMARTS) is 1. The Balaban J connectivity index is 2.52. The number of rotatable bonds is 4. The van der Waals surface area contributed by atoms with Crippen LogP contribution < -0.4 is 0 Å². The maximum atomic E-state index is 10.8. The molecule has 14 heavy (non-hydrogen) atoms. The quantitative estimate of drug-likeness (QED) is 0.821. The zero-order valence-electron chi connectivity index (χ0n) is 8.27. The van der Waals surface area contributed by atoms with E-state index in [0.717, 1.165) is 0 Å². The maximum absolute atomic E-state index is 10.8. The molecule has 0 amide bonds. The first-order valence-corrected chi connectivity index (χ1v) is 5.07. The lowest BCUT2D eigenvalue weighted by molar-refractivity contribution is -0.138. The van der Waals surface area contributed by atoms with Gasteiger partial charge in [0.25, 0.3) is 0 Å². The zero-order valence-corrected chi connectivity index (χ0v) is 9.09. The third kappa shape index (κ3) is 2.73. The number of carboxylic acids is 1. The Morgan fingerprint density at radius 1 is 1.64 bits per heavy atom. The van der Waals surface area contributed by atoms with E-state index in [1.165, 1.54) is 11.8 Å². The number of aliphatic carboxylic acids is 1. The molecule has 1 rings (SSSR count). The molecule has 1 heterocycles. The molecular weight excluding hydrogens is 204 g/mol. The minimum Gasteiger partial charge on any atom is -0.480 e. The average molecular weight is 216 g/mol. The van der Waals surface area contributed by atoms with E-state index in [9.17, 15) is 4.79 Å². The summed E-state index contributed by atoms with van der Waals surface area (Å²) in [4.78, 5) is 14.7. The van der Waals surface area contributed by atoms with Crippen molar-refractivity contribution in [2.75, 3.05) is 0 Å². The Morgan fingerprint density at radius 2 is 2.29 bits per heavy atom. The summed E-state index contributed by atoms with van der Waals surface area (Å²) in [5.74, 6) is 0.592. The molecule has 1 aromatic rings. The van der Waals surface area contributed by atoms with Gasteiger partial charge in [0.1, 0.15) is 4.75 Å². The van der Waals surface area contributed by atoms with Crippen molar-refractivity contribution in [1.82, 2.24) is 10.1 Å². The largest absolute Gasteiger partial charge is 0.480 e. The van der Waals surface area contributed by atoms with Gasteiger partial charge in [0.2, 0.25) is 5.89 Å². The van der Waals surface area contributed by atoms with Crippen LogP contribution in [0.15, 0.2) is 4.52 Å². The highest BCUT2D eigenvalue weighted by Gasteiger charge is 2.28. The highest BCUT2D eigenvalue weighted by atomic mass is 32.2. The van der Waals surface area contributed by atoms with E-state index in [1.807, 2.05) is 0 Å². The third-order valence-electron chi connectivity index (χ3n) is 1.64. The first-order chi connectivity index (χ1) is 6.42. The molecule has 0 aliphatic rings. The SMILES string of the molecule is Cc1noc(CSC(C)(C)C(=O)O)n1. The van der Waals surface area contributed by atoms with Gasteiger partial charge in [0, 0.05) is 0 Å². The van der Waals surface area contributed by atoms with Gasteiger partial charge in [0.15, 0.2) is 5.82 Å². The monoisotopic (exact) mass is 216 g/mol. The van der Waals surface area contributed by atoms with Gasteiger partial charge in [-0.1, -0.05) is 5.16 Å². The van der Waals surface area contributed by atoms with Crippen molar-refractivity contribution < 1.29 is 14.4 Å². The van der Waals surface area contributed by atoms with E-state index in [2.05, 4.69) is 10.1 Å². The summed E-state index contributed by atoms with van der Waals surface area (Å²) in [7, 11) is 0. The number of nitrogens with zero attached hydrogens (tertiary/aromatic N) is 2. The molecule has 0 aromatic carbocycles. The molecule has 0 fully saturated rings. The smallest absolute Gasteiger partial charge is 0.319 e. The summed E-state index contributed by atoms with van der Waals surface area (Å²) in [6, 6.07) is 0. The van der Waals surface area contributed by atoms with E-state index >= 15 is 0 Å². The average Bonchev–Trinajstić information content (AvgIpc) is 2.48. The number of carbonyl (C=O) groups is 1. The lowest BCUT2D eigenvalue weighted by Gasteiger charge is -2.16. The fraction of sp³-hybridized carbons (Fsp3) is 0.625. The topological polar surface area (TPSA) is 76.2 Å². The molecule has 0 aliphatic carbocycles. The van der Waals surface area contributed by atoms with Crippen molar-refractivity contribution in [2.24, 2.45) is 0 Å². The Labute approximate surface area is 85.9 Å². The van der Waals surface area contributed by atoms with Crippen LogP contribution in [0.3, 0.4) is 0 Å². The maximum Gasteiger partial charge on any atom is 0.319 e. The van der Waals surface area contributed by atoms with E-state index in [-0.39, 0.29) is 0 Å². The van der Waals surface area contributed by atoms with Crippen molar-refractivity contribution in [3.63, 3.8) is 0 Å². The fourth-order valence-electron chi connectivity index (χ4n) is 0.703. The normalized spacial score (nSPS) is 11.6. The Morgan fingerprint density at radius 3 is 2.71 bits per heavy atom. The summed E-state index contributed by atoms with van der Waals surface area (Å²) in [6.07, 6.45) is 0. The second-order valence-electron chi connectivity index (χ2n) is 3.34. The first kappa shape index (κ1) is 11.0. The number of aromatic nitrogens is 2. The van der Waals surface area contributed by atoms with Crippen LogP contribution in [0.2, 0.25) is 0 Å². The second-order valence-corrected chi connectivity index (χ2v) is 4.94. The summed E-state index contributed by atoms with van der Waals surface area (Å²) >= 11 is 1.26. The zero-order chi connectivity index (χ0) is 10.8. The van der Waals surface area contributed by atoms with Gasteiger partial charge in [-0.2, -0.15) is 4.98 Å². The van der Waals surface area contributed by atoms with Crippen LogP contribution in [0.1, 0.15) is 25.6 Å². The minimum atomic E-state index is -0.848. The van der Waals surface area contributed by atoms with E-state index in [4.69, 9.17) is 9.63 Å². The van der Waals surface area contributed by atoms with Crippen molar-refractivity contribution in [3.05, 3.63) is 11.7 Å². The molecule has 0 bridgehead atoms. The number of thioether (sulfide) groups is 1. The van der Waals surface area contributed by atoms with Crippen LogP contribution >= 0.6 is 11.8 Å². The summed E-state index contributed by atoms with van der Waals surface area (Å²) in [5.41, 5.74) is 0. The van der Waals surface area contributed by atoms with Crippen molar-refractivity contribution in [3.8, 4) is 0 Å². The van der Waals surface area contributed by atoms with Crippen LogP contribution in [0.25, 0.3) is 0 Å². The molecule has 0 aliphatic heterocycles. The molecule has 0 unspecified atom stereocenters. The van der Waals surface area contributed by atoms with Crippen LogP contribution in [0, 0.1) is 6.92 Å². The first-order valence-electron chi connectivity index (χ1n) is 4.08. The Bertz CT molecular complexity index is 335. The van der Waals surface area contributed by atoms with Gasteiger partial charge in [-0.05, 0) is 20.8 Å². The molecule has 1 aromatic heterocycles. The lowest BCUT2D eigenvalue weighted by Crippen LogP contribution is -2.27. The molecular formula is C8H12N2O3S. The van der Waals surface area contributed by atoms with Gasteiger partial charge in [-0.3, -0.25) is 4.79 Å². The van der Waals surface area contributed by atoms with Crippen LogP contribution in [-0.2, 0) is 10.5 Å². The van der Waals surface area contributed by atoms with E-state index < -0.39 is 10.7 Å². The van der Waals surface area contributed by atoms with Gasteiger partial charge >= 0.3 is 5.97 Å². The highest BCUT2D eigenvalue weighted by molar-refractivity contribution is 8.00. The molecule has 78 valence electrons. The Kier molecular flexibility index (Phi) is 3.15. The number of hydrogen-bond donors (Lipinski definition) is 1. The molecule has 0 radical (unpaired) electrons. The van der Waals surface area contributed by atoms with Gasteiger partial charge in [0.05, 0.1) is 5.75 Å². The summed E-state index contributed by atoms with van der Waals surface area (Å²) < 4.78 is 4.03. The van der Waals surface area contributed by atoms with Gasteiger partial charge < -0.3 is 9.63 Å². The van der Waals surface area contributed by atoms with Crippen LogP contribution in [-0.4, -0.2) is 26.0 Å². The van der Waals surface area contributed by atoms with Crippen molar-refractivity contribution >= 4 is 17.7 Å². The van der Waals surface area contributed by atoms with Crippen molar-refractivity contribution in [1.29, 1.82) is 0 Å². The predicted octanol–water partition coefficient (Wildman–Crippen LogP) is 1.47. The molecule has 0 atom stereocenters. The second kappa shape index (κ2) is 4.00. The molecule has 6 heteroatoms. The van der Waals surface area contributed by atoms with Crippen LogP contribution in [0.5, 0.6) is 0 Å². The summed E-state index contributed by atoms with van der Waals surface area (Å²) in [5, 5.41) is 12.5. The van der Waals surface area contributed by atoms with Gasteiger partial charge in [-0.25, -0.2) is 0 Å². The molecule has 1 N–H and O–H groups in total. The van der Waals surface area contributed by atoms with Crippen LogP contribution in [0.4, 0.5) is 0 Å². The predicted molar refractivity (Wildman–Crippen MR) is 52.0 cm³/mol. The fourth-order valence-corrected chi connectivity index (χ4v) is 1.43. The molecule has 0 saturated carbocycles. The van der Waals surface area contributed by atoms with Gasteiger partial charge in [-0.15, -0.1) is 11.8 Å².